The monoisotopic (exact) mass is 311 g/mol. The molecule has 5 heteroatoms. The first-order chi connectivity index (χ1) is 10.1. The Morgan fingerprint density at radius 3 is 2.62 bits per heavy atom. The van der Waals surface area contributed by atoms with Crippen LogP contribution in [0.4, 0.5) is 4.39 Å². The molecule has 1 amide bonds. The molecule has 0 saturated heterocycles. The number of nitrogens with one attached hydrogen (secondary N) is 1. The van der Waals surface area contributed by atoms with Crippen molar-refractivity contribution in [1.82, 2.24) is 5.32 Å². The molecule has 3 aliphatic rings. The lowest BCUT2D eigenvalue weighted by Gasteiger charge is -2.46. The Kier molecular flexibility index (Phi) is 4.07. The van der Waals surface area contributed by atoms with Gasteiger partial charge in [0.05, 0.1) is 5.02 Å². The van der Waals surface area contributed by atoms with Crippen molar-refractivity contribution in [2.45, 2.75) is 44.1 Å². The van der Waals surface area contributed by atoms with E-state index in [0.717, 1.165) is 25.2 Å². The van der Waals surface area contributed by atoms with E-state index in [4.69, 9.17) is 16.3 Å². The second-order valence-electron chi connectivity index (χ2n) is 6.18. The van der Waals surface area contributed by atoms with E-state index in [1.807, 2.05) is 0 Å². The van der Waals surface area contributed by atoms with Crippen LogP contribution in [0, 0.1) is 11.7 Å². The SMILES string of the molecule is O=C(COc1ccc(Cl)c(F)c1)NC12CCC(CC1)CC2. The molecule has 3 fully saturated rings. The molecule has 3 saturated carbocycles. The molecule has 4 rings (SSSR count). The Hall–Kier alpha value is -1.29. The molecule has 21 heavy (non-hydrogen) atoms. The van der Waals surface area contributed by atoms with Gasteiger partial charge in [-0.15, -0.1) is 0 Å². The minimum Gasteiger partial charge on any atom is -0.484 e. The quantitative estimate of drug-likeness (QED) is 0.921. The molecular formula is C16H19ClFNO2. The van der Waals surface area contributed by atoms with Crippen LogP contribution in [0.3, 0.4) is 0 Å². The predicted molar refractivity (Wildman–Crippen MR) is 79.0 cm³/mol. The van der Waals surface area contributed by atoms with Gasteiger partial charge in [0.25, 0.3) is 5.91 Å². The number of hydrogen-bond acceptors (Lipinski definition) is 2. The Morgan fingerprint density at radius 2 is 2.00 bits per heavy atom. The lowest BCUT2D eigenvalue weighted by atomic mass is 9.66. The van der Waals surface area contributed by atoms with Crippen molar-refractivity contribution in [2.24, 2.45) is 5.92 Å². The number of rotatable bonds is 4. The van der Waals surface area contributed by atoms with Gasteiger partial charge in [0.15, 0.2) is 6.61 Å². The summed E-state index contributed by atoms with van der Waals surface area (Å²) in [6, 6.07) is 4.17. The third-order valence-corrected chi connectivity index (χ3v) is 5.07. The van der Waals surface area contributed by atoms with Crippen LogP contribution in [-0.2, 0) is 4.79 Å². The first kappa shape index (κ1) is 14.6. The van der Waals surface area contributed by atoms with Crippen LogP contribution >= 0.6 is 11.6 Å². The summed E-state index contributed by atoms with van der Waals surface area (Å²) in [5, 5.41) is 3.18. The van der Waals surface area contributed by atoms with Gasteiger partial charge in [0.1, 0.15) is 11.6 Å². The van der Waals surface area contributed by atoms with Gasteiger partial charge >= 0.3 is 0 Å². The number of ether oxygens (including phenoxy) is 1. The number of carbonyl (C=O) groups excluding carboxylic acids is 1. The second kappa shape index (κ2) is 5.84. The Labute approximate surface area is 128 Å². The predicted octanol–water partition coefficient (Wildman–Crippen LogP) is 3.70. The van der Waals surface area contributed by atoms with E-state index in [2.05, 4.69) is 5.32 Å². The van der Waals surface area contributed by atoms with Crippen LogP contribution in [0.15, 0.2) is 18.2 Å². The van der Waals surface area contributed by atoms with Gasteiger partial charge in [-0.3, -0.25) is 4.79 Å². The van der Waals surface area contributed by atoms with E-state index in [0.29, 0.717) is 5.75 Å². The van der Waals surface area contributed by atoms with Gasteiger partial charge in [0, 0.05) is 11.6 Å². The van der Waals surface area contributed by atoms with E-state index in [9.17, 15) is 9.18 Å². The van der Waals surface area contributed by atoms with Crippen molar-refractivity contribution in [2.75, 3.05) is 6.61 Å². The molecule has 1 aromatic rings. The van der Waals surface area contributed by atoms with Crippen molar-refractivity contribution in [3.63, 3.8) is 0 Å². The molecule has 0 heterocycles. The maximum absolute atomic E-state index is 13.3. The fourth-order valence-electron chi connectivity index (χ4n) is 3.48. The molecule has 1 N–H and O–H groups in total. The molecule has 114 valence electrons. The molecule has 0 spiro atoms. The highest BCUT2D eigenvalue weighted by atomic mass is 35.5. The van der Waals surface area contributed by atoms with Crippen LogP contribution in [-0.4, -0.2) is 18.1 Å². The summed E-state index contributed by atoms with van der Waals surface area (Å²) >= 11 is 5.60. The number of hydrogen-bond donors (Lipinski definition) is 1. The average Bonchev–Trinajstić information content (AvgIpc) is 2.50. The molecule has 0 radical (unpaired) electrons. The number of halogens is 2. The topological polar surface area (TPSA) is 38.3 Å². The maximum atomic E-state index is 13.3. The van der Waals surface area contributed by atoms with Crippen LogP contribution < -0.4 is 10.1 Å². The van der Waals surface area contributed by atoms with Crippen LogP contribution in [0.1, 0.15) is 38.5 Å². The minimum atomic E-state index is -0.543. The molecule has 0 atom stereocenters. The Morgan fingerprint density at radius 1 is 1.33 bits per heavy atom. The molecule has 0 aromatic heterocycles. The van der Waals surface area contributed by atoms with Gasteiger partial charge in [-0.1, -0.05) is 11.6 Å². The lowest BCUT2D eigenvalue weighted by Crippen LogP contribution is -2.54. The third-order valence-electron chi connectivity index (χ3n) is 4.76. The minimum absolute atomic E-state index is 0.0273. The summed E-state index contributed by atoms with van der Waals surface area (Å²) in [4.78, 5) is 12.1. The van der Waals surface area contributed by atoms with E-state index >= 15 is 0 Å². The highest BCUT2D eigenvalue weighted by Gasteiger charge is 2.41. The van der Waals surface area contributed by atoms with E-state index in [-0.39, 0.29) is 23.1 Å². The molecule has 0 unspecified atom stereocenters. The first-order valence-electron chi connectivity index (χ1n) is 7.45. The highest BCUT2D eigenvalue weighted by Crippen LogP contribution is 2.43. The average molecular weight is 312 g/mol. The van der Waals surface area contributed by atoms with Crippen molar-refractivity contribution in [3.8, 4) is 5.75 Å². The Balaban J connectivity index is 1.53. The van der Waals surface area contributed by atoms with Crippen LogP contribution in [0.25, 0.3) is 0 Å². The standard InChI is InChI=1S/C16H19ClFNO2/c17-13-2-1-12(9-14(13)18)21-10-15(20)19-16-6-3-11(4-7-16)5-8-16/h1-2,9,11H,3-8,10H2,(H,19,20). The maximum Gasteiger partial charge on any atom is 0.258 e. The lowest BCUT2D eigenvalue weighted by molar-refractivity contribution is -0.126. The zero-order valence-electron chi connectivity index (χ0n) is 11.8. The zero-order chi connectivity index (χ0) is 14.9. The van der Waals surface area contributed by atoms with E-state index in [1.54, 1.807) is 6.07 Å². The molecule has 3 aliphatic carbocycles. The van der Waals surface area contributed by atoms with Gasteiger partial charge in [-0.2, -0.15) is 0 Å². The summed E-state index contributed by atoms with van der Waals surface area (Å²) in [7, 11) is 0. The fourth-order valence-corrected chi connectivity index (χ4v) is 3.60. The van der Waals surface area contributed by atoms with Crippen molar-refractivity contribution < 1.29 is 13.9 Å². The van der Waals surface area contributed by atoms with Gasteiger partial charge < -0.3 is 10.1 Å². The number of amides is 1. The molecule has 2 bridgehead atoms. The second-order valence-corrected chi connectivity index (χ2v) is 6.58. The third kappa shape index (κ3) is 3.31. The van der Waals surface area contributed by atoms with Crippen molar-refractivity contribution in [1.29, 1.82) is 0 Å². The van der Waals surface area contributed by atoms with Crippen LogP contribution in [0.5, 0.6) is 5.75 Å². The van der Waals surface area contributed by atoms with Gasteiger partial charge in [-0.25, -0.2) is 4.39 Å². The largest absolute Gasteiger partial charge is 0.484 e. The highest BCUT2D eigenvalue weighted by molar-refractivity contribution is 6.30. The summed E-state index contributed by atoms with van der Waals surface area (Å²) in [5.41, 5.74) is -0.0273. The van der Waals surface area contributed by atoms with E-state index in [1.165, 1.54) is 31.4 Å². The fraction of sp³-hybridized carbons (Fsp3) is 0.562. The first-order valence-corrected chi connectivity index (χ1v) is 7.83. The number of benzene rings is 1. The summed E-state index contributed by atoms with van der Waals surface area (Å²) in [5.74, 6) is 0.499. The molecular weight excluding hydrogens is 293 g/mol. The Bertz CT molecular complexity index is 527. The normalized spacial score (nSPS) is 27.4. The van der Waals surface area contributed by atoms with Crippen LogP contribution in [0.2, 0.25) is 5.02 Å². The summed E-state index contributed by atoms with van der Waals surface area (Å²) < 4.78 is 18.6. The zero-order valence-corrected chi connectivity index (χ0v) is 12.6. The smallest absolute Gasteiger partial charge is 0.258 e. The summed E-state index contributed by atoms with van der Waals surface area (Å²) in [6.45, 7) is -0.0910. The number of fused-ring (bicyclic) bond motifs is 3. The molecule has 3 nitrogen and oxygen atoms in total. The van der Waals surface area contributed by atoms with Crippen molar-refractivity contribution in [3.05, 3.63) is 29.0 Å². The van der Waals surface area contributed by atoms with E-state index < -0.39 is 5.82 Å². The molecule has 1 aromatic carbocycles. The number of carbonyl (C=O) groups is 1. The van der Waals surface area contributed by atoms with Gasteiger partial charge in [-0.05, 0) is 56.6 Å². The van der Waals surface area contributed by atoms with Crippen molar-refractivity contribution >= 4 is 17.5 Å². The van der Waals surface area contributed by atoms with Gasteiger partial charge in [0.2, 0.25) is 0 Å². The summed E-state index contributed by atoms with van der Waals surface area (Å²) in [6.07, 6.45) is 6.84. The molecule has 0 aliphatic heterocycles.